The number of fused-ring (bicyclic) bond motifs is 1. The second-order valence-electron chi connectivity index (χ2n) is 7.12. The second kappa shape index (κ2) is 4.28. The number of rotatable bonds is 1. The number of nitrogens with two attached hydrogens (primary N) is 1. The molecule has 0 amide bonds. The highest BCUT2D eigenvalue weighted by atomic mass is 16.5. The molecule has 2 fully saturated rings. The Morgan fingerprint density at radius 1 is 1.37 bits per heavy atom. The van der Waals surface area contributed by atoms with Crippen LogP contribution in [-0.2, 0) is 11.0 Å². The summed E-state index contributed by atoms with van der Waals surface area (Å²) < 4.78 is 5.40. The molecule has 5 nitrogen and oxygen atoms in total. The number of aromatic nitrogens is 2. The van der Waals surface area contributed by atoms with Crippen molar-refractivity contribution in [3.63, 3.8) is 0 Å². The number of hydrogen-bond donors (Lipinski definition) is 1. The predicted molar refractivity (Wildman–Crippen MR) is 72.7 cm³/mol. The van der Waals surface area contributed by atoms with E-state index in [2.05, 4.69) is 35.8 Å². The fourth-order valence-corrected chi connectivity index (χ4v) is 3.22. The van der Waals surface area contributed by atoms with E-state index >= 15 is 0 Å². The van der Waals surface area contributed by atoms with Crippen LogP contribution in [-0.4, -0.2) is 34.2 Å². The van der Waals surface area contributed by atoms with Crippen molar-refractivity contribution in [1.29, 1.82) is 0 Å². The first kappa shape index (κ1) is 13.1. The normalized spacial score (nSPS) is 32.5. The van der Waals surface area contributed by atoms with E-state index in [-0.39, 0.29) is 5.41 Å². The Morgan fingerprint density at radius 2 is 2.16 bits per heavy atom. The third-order valence-corrected chi connectivity index (χ3v) is 4.46. The zero-order valence-electron chi connectivity index (χ0n) is 12.1. The van der Waals surface area contributed by atoms with E-state index in [1.807, 2.05) is 0 Å². The Labute approximate surface area is 114 Å². The molecule has 2 saturated heterocycles. The quantitative estimate of drug-likeness (QED) is 0.837. The number of nitrogens with zero attached hydrogens (tertiary/aromatic N) is 3. The fourth-order valence-electron chi connectivity index (χ4n) is 3.22. The zero-order valence-corrected chi connectivity index (χ0v) is 12.1. The van der Waals surface area contributed by atoms with Gasteiger partial charge in [-0.2, -0.15) is 4.98 Å². The van der Waals surface area contributed by atoms with E-state index in [0.717, 1.165) is 19.4 Å². The van der Waals surface area contributed by atoms with Crippen molar-refractivity contribution in [3.05, 3.63) is 11.7 Å². The molecular weight excluding hydrogens is 240 g/mol. The Balaban J connectivity index is 1.82. The van der Waals surface area contributed by atoms with Gasteiger partial charge < -0.3 is 15.2 Å². The topological polar surface area (TPSA) is 68.2 Å². The minimum Gasteiger partial charge on any atom is -0.339 e. The Morgan fingerprint density at radius 3 is 2.84 bits per heavy atom. The van der Waals surface area contributed by atoms with E-state index in [4.69, 9.17) is 10.3 Å². The molecule has 2 aliphatic heterocycles. The van der Waals surface area contributed by atoms with Crippen LogP contribution in [0.25, 0.3) is 0 Å². The molecule has 1 aromatic rings. The maximum Gasteiger partial charge on any atom is 0.232 e. The van der Waals surface area contributed by atoms with Crippen molar-refractivity contribution in [2.75, 3.05) is 13.1 Å². The van der Waals surface area contributed by atoms with Crippen molar-refractivity contribution < 1.29 is 4.52 Å². The molecule has 0 bridgehead atoms. The Kier molecular flexibility index (Phi) is 2.94. The summed E-state index contributed by atoms with van der Waals surface area (Å²) >= 11 is 0. The predicted octanol–water partition coefficient (Wildman–Crippen LogP) is 1.78. The Bertz CT molecular complexity index is 464. The lowest BCUT2D eigenvalue weighted by atomic mass is 9.83. The van der Waals surface area contributed by atoms with Crippen LogP contribution < -0.4 is 5.73 Å². The van der Waals surface area contributed by atoms with Crippen LogP contribution in [0.5, 0.6) is 0 Å². The van der Waals surface area contributed by atoms with Gasteiger partial charge in [0.05, 0.1) is 5.54 Å². The molecular formula is C14H24N4O. The van der Waals surface area contributed by atoms with Gasteiger partial charge in [-0.3, -0.25) is 0 Å². The summed E-state index contributed by atoms with van der Waals surface area (Å²) in [6.07, 6.45) is 4.42. The summed E-state index contributed by atoms with van der Waals surface area (Å²) in [6, 6.07) is 0.607. The lowest BCUT2D eigenvalue weighted by Crippen LogP contribution is -2.51. The molecule has 3 rings (SSSR count). The van der Waals surface area contributed by atoms with Gasteiger partial charge in [-0.1, -0.05) is 25.9 Å². The molecule has 106 valence electrons. The van der Waals surface area contributed by atoms with Crippen molar-refractivity contribution in [3.8, 4) is 0 Å². The van der Waals surface area contributed by atoms with Crippen molar-refractivity contribution in [2.45, 2.75) is 63.5 Å². The fraction of sp³-hybridized carbons (Fsp3) is 0.857. The molecule has 0 saturated carbocycles. The molecule has 3 heterocycles. The van der Waals surface area contributed by atoms with Gasteiger partial charge in [0, 0.05) is 18.0 Å². The second-order valence-corrected chi connectivity index (χ2v) is 7.12. The van der Waals surface area contributed by atoms with Crippen LogP contribution in [0.4, 0.5) is 0 Å². The number of hydrogen-bond acceptors (Lipinski definition) is 5. The maximum absolute atomic E-state index is 6.58. The minimum atomic E-state index is -0.404. The molecule has 2 aliphatic rings. The lowest BCUT2D eigenvalue weighted by molar-refractivity contribution is 0.124. The van der Waals surface area contributed by atoms with Gasteiger partial charge >= 0.3 is 0 Å². The third-order valence-electron chi connectivity index (χ3n) is 4.46. The average molecular weight is 264 g/mol. The van der Waals surface area contributed by atoms with E-state index in [1.54, 1.807) is 0 Å². The zero-order chi connectivity index (χ0) is 13.7. The maximum atomic E-state index is 6.58. The molecule has 19 heavy (non-hydrogen) atoms. The highest BCUT2D eigenvalue weighted by Gasteiger charge is 2.43. The highest BCUT2D eigenvalue weighted by Crippen LogP contribution is 2.37. The van der Waals surface area contributed by atoms with Gasteiger partial charge in [-0.15, -0.1) is 0 Å². The molecule has 1 aromatic heterocycles. The smallest absolute Gasteiger partial charge is 0.232 e. The van der Waals surface area contributed by atoms with Crippen molar-refractivity contribution in [1.82, 2.24) is 15.0 Å². The summed E-state index contributed by atoms with van der Waals surface area (Å²) in [4.78, 5) is 7.12. The van der Waals surface area contributed by atoms with E-state index in [9.17, 15) is 0 Å². The van der Waals surface area contributed by atoms with Crippen LogP contribution >= 0.6 is 0 Å². The summed E-state index contributed by atoms with van der Waals surface area (Å²) in [5, 5.41) is 4.16. The SMILES string of the molecule is CC(C)(C)c1nc(C2(N)CCN3CCCC3C2)no1. The molecule has 5 heteroatoms. The lowest BCUT2D eigenvalue weighted by Gasteiger charge is -2.39. The first-order valence-electron chi connectivity index (χ1n) is 7.26. The molecule has 2 atom stereocenters. The molecule has 2 N–H and O–H groups in total. The van der Waals surface area contributed by atoms with Gasteiger partial charge in [0.1, 0.15) is 0 Å². The molecule has 0 radical (unpaired) electrons. The summed E-state index contributed by atoms with van der Waals surface area (Å²) in [6.45, 7) is 8.51. The summed E-state index contributed by atoms with van der Waals surface area (Å²) in [5.41, 5.74) is 6.06. The van der Waals surface area contributed by atoms with Gasteiger partial charge in [0.2, 0.25) is 5.89 Å². The first-order chi connectivity index (χ1) is 8.88. The van der Waals surface area contributed by atoms with Crippen LogP contribution in [0.15, 0.2) is 4.52 Å². The molecule has 2 unspecified atom stereocenters. The average Bonchev–Trinajstić information content (AvgIpc) is 2.96. The Hall–Kier alpha value is -0.940. The van der Waals surface area contributed by atoms with Crippen LogP contribution in [0.3, 0.4) is 0 Å². The van der Waals surface area contributed by atoms with Crippen molar-refractivity contribution >= 4 is 0 Å². The van der Waals surface area contributed by atoms with Crippen LogP contribution in [0, 0.1) is 0 Å². The molecule has 0 spiro atoms. The van der Waals surface area contributed by atoms with Gasteiger partial charge in [0.25, 0.3) is 0 Å². The van der Waals surface area contributed by atoms with E-state index < -0.39 is 5.54 Å². The van der Waals surface area contributed by atoms with E-state index in [0.29, 0.717) is 17.8 Å². The standard InChI is InChI=1S/C14H24N4O/c1-13(2,3)12-16-11(17-19-12)14(15)6-8-18-7-4-5-10(18)9-14/h10H,4-9,15H2,1-3H3. The minimum absolute atomic E-state index is 0.115. The van der Waals surface area contributed by atoms with Gasteiger partial charge in [-0.05, 0) is 32.2 Å². The van der Waals surface area contributed by atoms with Crippen molar-refractivity contribution in [2.24, 2.45) is 5.73 Å². The first-order valence-corrected chi connectivity index (χ1v) is 7.26. The highest BCUT2D eigenvalue weighted by molar-refractivity contribution is 5.11. The molecule has 0 aromatic carbocycles. The van der Waals surface area contributed by atoms with Crippen LogP contribution in [0.2, 0.25) is 0 Å². The van der Waals surface area contributed by atoms with Gasteiger partial charge in [-0.25, -0.2) is 0 Å². The summed E-state index contributed by atoms with van der Waals surface area (Å²) in [5.74, 6) is 1.38. The summed E-state index contributed by atoms with van der Waals surface area (Å²) in [7, 11) is 0. The molecule has 0 aliphatic carbocycles. The third kappa shape index (κ3) is 2.30. The van der Waals surface area contributed by atoms with Gasteiger partial charge in [0.15, 0.2) is 5.82 Å². The monoisotopic (exact) mass is 264 g/mol. The van der Waals surface area contributed by atoms with E-state index in [1.165, 1.54) is 19.4 Å². The number of piperidine rings is 1. The van der Waals surface area contributed by atoms with Crippen LogP contribution in [0.1, 0.15) is 58.2 Å². The largest absolute Gasteiger partial charge is 0.339 e.